The van der Waals surface area contributed by atoms with Crippen LogP contribution in [0, 0.1) is 27.7 Å². The molecule has 0 N–H and O–H groups in total. The number of nitrogens with zero attached hydrogens (tertiary/aromatic N) is 4. The van der Waals surface area contributed by atoms with E-state index >= 15 is 0 Å². The Morgan fingerprint density at radius 2 is 1.70 bits per heavy atom. The van der Waals surface area contributed by atoms with Gasteiger partial charge in [0, 0.05) is 27.7 Å². The number of carbonyl (C=O) groups is 1. The van der Waals surface area contributed by atoms with Gasteiger partial charge in [-0.1, -0.05) is 23.7 Å². The molecule has 1 aromatic carbocycles. The summed E-state index contributed by atoms with van der Waals surface area (Å²) in [6.07, 6.45) is 0.149. The van der Waals surface area contributed by atoms with Gasteiger partial charge in [0.2, 0.25) is 0 Å². The zero-order valence-corrected chi connectivity index (χ0v) is 16.5. The van der Waals surface area contributed by atoms with Crippen LogP contribution in [0.25, 0.3) is 5.95 Å². The maximum Gasteiger partial charge on any atom is 0.310 e. The van der Waals surface area contributed by atoms with E-state index in [2.05, 4.69) is 15.1 Å². The summed E-state index contributed by atoms with van der Waals surface area (Å²) in [4.78, 5) is 21.2. The summed E-state index contributed by atoms with van der Waals surface area (Å²) in [5, 5.41) is 5.16. The highest BCUT2D eigenvalue weighted by molar-refractivity contribution is 6.30. The molecule has 0 amide bonds. The fourth-order valence-electron chi connectivity index (χ4n) is 2.87. The molecule has 0 radical (unpaired) electrons. The lowest BCUT2D eigenvalue weighted by Crippen LogP contribution is -2.10. The number of rotatable bonds is 5. The summed E-state index contributed by atoms with van der Waals surface area (Å²) in [7, 11) is 0. The van der Waals surface area contributed by atoms with E-state index in [9.17, 15) is 4.79 Å². The number of ether oxygens (including phenoxy) is 1. The Hall–Kier alpha value is -2.73. The van der Waals surface area contributed by atoms with Crippen LogP contribution in [0.5, 0.6) is 0 Å². The van der Waals surface area contributed by atoms with Crippen molar-refractivity contribution in [3.05, 3.63) is 69.3 Å². The molecule has 2 heterocycles. The number of benzene rings is 1. The minimum atomic E-state index is -0.308. The van der Waals surface area contributed by atoms with Crippen molar-refractivity contribution in [1.82, 2.24) is 19.7 Å². The first-order valence-corrected chi connectivity index (χ1v) is 8.99. The van der Waals surface area contributed by atoms with Crippen molar-refractivity contribution in [2.45, 2.75) is 40.7 Å². The van der Waals surface area contributed by atoms with E-state index in [4.69, 9.17) is 16.3 Å². The molecule has 140 valence electrons. The summed E-state index contributed by atoms with van der Waals surface area (Å²) in [5.41, 5.74) is 5.06. The monoisotopic (exact) mass is 384 g/mol. The summed E-state index contributed by atoms with van der Waals surface area (Å²) < 4.78 is 7.06. The van der Waals surface area contributed by atoms with Crippen molar-refractivity contribution in [2.24, 2.45) is 0 Å². The van der Waals surface area contributed by atoms with Gasteiger partial charge in [-0.15, -0.1) is 0 Å². The lowest BCUT2D eigenvalue weighted by molar-refractivity contribution is -0.144. The van der Waals surface area contributed by atoms with Crippen LogP contribution in [0.1, 0.15) is 33.9 Å². The van der Waals surface area contributed by atoms with Crippen LogP contribution < -0.4 is 0 Å². The highest BCUT2D eigenvalue weighted by atomic mass is 35.5. The van der Waals surface area contributed by atoms with Gasteiger partial charge in [0.1, 0.15) is 6.61 Å². The molecule has 0 spiro atoms. The van der Waals surface area contributed by atoms with Crippen molar-refractivity contribution in [3.63, 3.8) is 0 Å². The molecule has 3 rings (SSSR count). The second-order valence-electron chi connectivity index (χ2n) is 6.48. The van der Waals surface area contributed by atoms with E-state index in [0.717, 1.165) is 33.9 Å². The molecule has 0 atom stereocenters. The molecule has 27 heavy (non-hydrogen) atoms. The average Bonchev–Trinajstić information content (AvgIpc) is 2.89. The summed E-state index contributed by atoms with van der Waals surface area (Å²) in [6.45, 7) is 7.82. The SMILES string of the molecule is Cc1cc(C)nc(-n2nc(C)c(CC(=O)OCc3ccc(Cl)cc3)c2C)n1. The average molecular weight is 385 g/mol. The zero-order valence-electron chi connectivity index (χ0n) is 15.8. The molecule has 0 aliphatic heterocycles. The summed E-state index contributed by atoms with van der Waals surface area (Å²) in [5.74, 6) is 0.200. The topological polar surface area (TPSA) is 69.9 Å². The van der Waals surface area contributed by atoms with Gasteiger partial charge in [0.25, 0.3) is 5.95 Å². The molecule has 0 saturated carbocycles. The van der Waals surface area contributed by atoms with Gasteiger partial charge in [0.15, 0.2) is 0 Å². The van der Waals surface area contributed by atoms with Crippen molar-refractivity contribution in [2.75, 3.05) is 0 Å². The lowest BCUT2D eigenvalue weighted by atomic mass is 10.1. The second-order valence-corrected chi connectivity index (χ2v) is 6.91. The number of aromatic nitrogens is 4. The van der Waals surface area contributed by atoms with Crippen molar-refractivity contribution < 1.29 is 9.53 Å². The number of halogens is 1. The molecule has 6 nitrogen and oxygen atoms in total. The van der Waals surface area contributed by atoms with Gasteiger partial charge in [0.05, 0.1) is 12.1 Å². The molecular formula is C20H21ClN4O2. The Morgan fingerprint density at radius 3 is 2.33 bits per heavy atom. The van der Waals surface area contributed by atoms with E-state index in [-0.39, 0.29) is 19.0 Å². The standard InChI is InChI=1S/C20H21ClN4O2/c1-12-9-13(2)23-20(22-12)25-15(4)18(14(3)24-25)10-19(26)27-11-16-5-7-17(21)8-6-16/h5-9H,10-11H2,1-4H3. The largest absolute Gasteiger partial charge is 0.461 e. The third kappa shape index (κ3) is 4.52. The van der Waals surface area contributed by atoms with Gasteiger partial charge in [-0.05, 0) is 51.5 Å². The minimum Gasteiger partial charge on any atom is -0.461 e. The first-order chi connectivity index (χ1) is 12.8. The highest BCUT2D eigenvalue weighted by Crippen LogP contribution is 2.18. The van der Waals surface area contributed by atoms with Gasteiger partial charge < -0.3 is 4.74 Å². The van der Waals surface area contributed by atoms with Crippen LogP contribution >= 0.6 is 11.6 Å². The van der Waals surface area contributed by atoms with Crippen LogP contribution in [0.15, 0.2) is 30.3 Å². The number of aryl methyl sites for hydroxylation is 3. The van der Waals surface area contributed by atoms with Crippen LogP contribution in [0.2, 0.25) is 5.02 Å². The van der Waals surface area contributed by atoms with Crippen LogP contribution in [0.4, 0.5) is 0 Å². The maximum atomic E-state index is 12.3. The third-order valence-corrected chi connectivity index (χ3v) is 4.49. The molecule has 0 bridgehead atoms. The van der Waals surface area contributed by atoms with Gasteiger partial charge in [-0.3, -0.25) is 4.79 Å². The molecule has 3 aromatic rings. The normalized spacial score (nSPS) is 10.9. The molecule has 0 fully saturated rings. The van der Waals surface area contributed by atoms with Gasteiger partial charge in [-0.25, -0.2) is 14.6 Å². The molecular weight excluding hydrogens is 364 g/mol. The first kappa shape index (κ1) is 19.0. The van der Waals surface area contributed by atoms with Crippen LogP contribution in [-0.2, 0) is 22.6 Å². The smallest absolute Gasteiger partial charge is 0.310 e. The Kier molecular flexibility index (Phi) is 5.56. The molecule has 0 unspecified atom stereocenters. The molecule has 0 aliphatic carbocycles. The predicted molar refractivity (Wildman–Crippen MR) is 103 cm³/mol. The van der Waals surface area contributed by atoms with E-state index < -0.39 is 0 Å². The van der Waals surface area contributed by atoms with E-state index in [0.29, 0.717) is 11.0 Å². The molecule has 7 heteroatoms. The fraction of sp³-hybridized carbons (Fsp3) is 0.300. The summed E-state index contributed by atoms with van der Waals surface area (Å²) in [6, 6.07) is 9.12. The number of esters is 1. The fourth-order valence-corrected chi connectivity index (χ4v) is 2.99. The second kappa shape index (κ2) is 7.88. The Morgan fingerprint density at radius 1 is 1.07 bits per heavy atom. The van der Waals surface area contributed by atoms with E-state index in [1.807, 2.05) is 45.9 Å². The minimum absolute atomic E-state index is 0.149. The Balaban J connectivity index is 1.74. The van der Waals surface area contributed by atoms with Crippen molar-refractivity contribution in [1.29, 1.82) is 0 Å². The Labute approximate surface area is 163 Å². The molecule has 0 aliphatic rings. The van der Waals surface area contributed by atoms with Crippen LogP contribution in [0.3, 0.4) is 0 Å². The van der Waals surface area contributed by atoms with Crippen LogP contribution in [-0.4, -0.2) is 25.7 Å². The van der Waals surface area contributed by atoms with E-state index in [1.54, 1.807) is 16.8 Å². The molecule has 2 aromatic heterocycles. The highest BCUT2D eigenvalue weighted by Gasteiger charge is 2.18. The van der Waals surface area contributed by atoms with Crippen molar-refractivity contribution >= 4 is 17.6 Å². The van der Waals surface area contributed by atoms with Gasteiger partial charge >= 0.3 is 5.97 Å². The van der Waals surface area contributed by atoms with E-state index in [1.165, 1.54) is 0 Å². The number of hydrogen-bond donors (Lipinski definition) is 0. The first-order valence-electron chi connectivity index (χ1n) is 8.61. The summed E-state index contributed by atoms with van der Waals surface area (Å²) >= 11 is 5.86. The quantitative estimate of drug-likeness (QED) is 0.625. The van der Waals surface area contributed by atoms with Gasteiger partial charge in [-0.2, -0.15) is 5.10 Å². The Bertz CT molecular complexity index is 960. The number of carbonyl (C=O) groups excluding carboxylic acids is 1. The van der Waals surface area contributed by atoms with Crippen molar-refractivity contribution in [3.8, 4) is 5.95 Å². The maximum absolute atomic E-state index is 12.3. The predicted octanol–water partition coefficient (Wildman–Crippen LogP) is 3.84. The third-order valence-electron chi connectivity index (χ3n) is 4.24. The molecule has 0 saturated heterocycles. The zero-order chi connectivity index (χ0) is 19.6. The lowest BCUT2D eigenvalue weighted by Gasteiger charge is -2.07. The number of hydrogen-bond acceptors (Lipinski definition) is 5.